The van der Waals surface area contributed by atoms with Crippen molar-refractivity contribution in [2.45, 2.75) is 6.54 Å². The van der Waals surface area contributed by atoms with E-state index in [2.05, 4.69) is 15.8 Å². The molecule has 0 saturated heterocycles. The van der Waals surface area contributed by atoms with Crippen molar-refractivity contribution < 1.29 is 0 Å². The zero-order chi connectivity index (χ0) is 13.2. The Morgan fingerprint density at radius 1 is 1.21 bits per heavy atom. The molecule has 0 bridgehead atoms. The molecule has 0 amide bonds. The number of nitrogens with one attached hydrogen (secondary N) is 1. The predicted octanol–water partition coefficient (Wildman–Crippen LogP) is 2.30. The van der Waals surface area contributed by atoms with E-state index in [0.717, 1.165) is 34.8 Å². The summed E-state index contributed by atoms with van der Waals surface area (Å²) in [5, 5.41) is 3.15. The number of anilines is 1. The molecule has 0 aliphatic heterocycles. The number of hydrogen-bond donors (Lipinski definition) is 2. The van der Waals surface area contributed by atoms with Crippen LogP contribution in [0.5, 0.6) is 0 Å². The Hall–Kier alpha value is -2.33. The lowest BCUT2D eigenvalue weighted by Gasteiger charge is -2.01. The Morgan fingerprint density at radius 2 is 2.11 bits per heavy atom. The molecular formula is C15H16N4. The fourth-order valence-electron chi connectivity index (χ4n) is 2.28. The van der Waals surface area contributed by atoms with E-state index in [-0.39, 0.29) is 0 Å². The first kappa shape index (κ1) is 11.7. The monoisotopic (exact) mass is 252 g/mol. The maximum absolute atomic E-state index is 5.86. The topological polar surface area (TPSA) is 55.3 Å². The molecule has 4 nitrogen and oxygen atoms in total. The van der Waals surface area contributed by atoms with Crippen LogP contribution in [0.3, 0.4) is 0 Å². The average Bonchev–Trinajstić information content (AvgIpc) is 2.79. The zero-order valence-corrected chi connectivity index (χ0v) is 10.8. The van der Waals surface area contributed by atoms with Crippen LogP contribution in [0.15, 0.2) is 48.7 Å². The summed E-state index contributed by atoms with van der Waals surface area (Å²) in [6.45, 7) is 0.746. The molecule has 0 radical (unpaired) electrons. The van der Waals surface area contributed by atoms with Gasteiger partial charge in [0.25, 0.3) is 0 Å². The first-order chi connectivity index (χ1) is 9.29. The fourth-order valence-corrected chi connectivity index (χ4v) is 2.28. The van der Waals surface area contributed by atoms with Crippen LogP contribution >= 0.6 is 0 Å². The van der Waals surface area contributed by atoms with Gasteiger partial charge in [0, 0.05) is 24.0 Å². The molecule has 0 atom stereocenters. The van der Waals surface area contributed by atoms with E-state index < -0.39 is 0 Å². The minimum Gasteiger partial charge on any atom is -0.399 e. The van der Waals surface area contributed by atoms with Gasteiger partial charge in [-0.1, -0.05) is 18.2 Å². The van der Waals surface area contributed by atoms with Gasteiger partial charge in [-0.25, -0.2) is 4.98 Å². The molecule has 3 rings (SSSR count). The maximum atomic E-state index is 5.86. The molecule has 0 aliphatic rings. The van der Waals surface area contributed by atoms with Gasteiger partial charge in [-0.2, -0.15) is 0 Å². The highest BCUT2D eigenvalue weighted by Crippen LogP contribution is 2.24. The summed E-state index contributed by atoms with van der Waals surface area (Å²) in [7, 11) is 1.92. The van der Waals surface area contributed by atoms with Crippen molar-refractivity contribution in [2.75, 3.05) is 12.8 Å². The highest BCUT2D eigenvalue weighted by atomic mass is 15.0. The summed E-state index contributed by atoms with van der Waals surface area (Å²) in [5.74, 6) is 0.924. The molecule has 2 heterocycles. The van der Waals surface area contributed by atoms with Crippen molar-refractivity contribution >= 4 is 11.2 Å². The second-order valence-corrected chi connectivity index (χ2v) is 4.49. The summed E-state index contributed by atoms with van der Waals surface area (Å²) < 4.78 is 2.10. The summed E-state index contributed by atoms with van der Waals surface area (Å²) in [6, 6.07) is 13.9. The largest absolute Gasteiger partial charge is 0.399 e. The number of imidazole rings is 1. The van der Waals surface area contributed by atoms with Gasteiger partial charge in [-0.3, -0.25) is 4.40 Å². The molecule has 0 aliphatic carbocycles. The highest BCUT2D eigenvalue weighted by Gasteiger charge is 2.11. The zero-order valence-electron chi connectivity index (χ0n) is 10.8. The van der Waals surface area contributed by atoms with Crippen LogP contribution in [-0.4, -0.2) is 16.4 Å². The summed E-state index contributed by atoms with van der Waals surface area (Å²) >= 11 is 0. The van der Waals surface area contributed by atoms with Crippen LogP contribution in [0.25, 0.3) is 16.9 Å². The smallest absolute Gasteiger partial charge is 0.144 e. The molecule has 2 aromatic heterocycles. The lowest BCUT2D eigenvalue weighted by Crippen LogP contribution is -2.05. The van der Waals surface area contributed by atoms with Crippen LogP contribution in [0.1, 0.15) is 5.69 Å². The van der Waals surface area contributed by atoms with E-state index in [1.54, 1.807) is 0 Å². The number of aromatic nitrogens is 2. The maximum Gasteiger partial charge on any atom is 0.144 e. The lowest BCUT2D eigenvalue weighted by atomic mass is 10.2. The van der Waals surface area contributed by atoms with Gasteiger partial charge in [0.1, 0.15) is 5.82 Å². The first-order valence-corrected chi connectivity index (χ1v) is 6.26. The van der Waals surface area contributed by atoms with Crippen LogP contribution in [-0.2, 0) is 6.54 Å². The molecular weight excluding hydrogens is 236 g/mol. The second-order valence-electron chi connectivity index (χ2n) is 4.49. The van der Waals surface area contributed by atoms with Crippen molar-refractivity contribution in [1.82, 2.24) is 14.7 Å². The number of nitrogens with zero attached hydrogens (tertiary/aromatic N) is 2. The van der Waals surface area contributed by atoms with Crippen molar-refractivity contribution in [3.05, 3.63) is 54.4 Å². The number of nitrogen functional groups attached to an aromatic ring is 1. The van der Waals surface area contributed by atoms with E-state index in [0.29, 0.717) is 0 Å². The van der Waals surface area contributed by atoms with E-state index in [1.165, 1.54) is 0 Å². The third-order valence-corrected chi connectivity index (χ3v) is 3.11. The van der Waals surface area contributed by atoms with Gasteiger partial charge in [-0.05, 0) is 31.3 Å². The quantitative estimate of drug-likeness (QED) is 0.703. The molecule has 0 saturated carbocycles. The van der Waals surface area contributed by atoms with Gasteiger partial charge >= 0.3 is 0 Å². The Balaban J connectivity index is 2.23. The van der Waals surface area contributed by atoms with Gasteiger partial charge in [0.05, 0.1) is 11.2 Å². The highest BCUT2D eigenvalue weighted by molar-refractivity contribution is 5.68. The molecule has 96 valence electrons. The van der Waals surface area contributed by atoms with E-state index in [9.17, 15) is 0 Å². The molecule has 0 fully saturated rings. The minimum atomic E-state index is 0.746. The van der Waals surface area contributed by atoms with E-state index in [1.807, 2.05) is 49.6 Å². The van der Waals surface area contributed by atoms with Crippen LogP contribution in [0.4, 0.5) is 5.69 Å². The predicted molar refractivity (Wildman–Crippen MR) is 77.8 cm³/mol. The molecule has 0 unspecified atom stereocenters. The molecule has 0 spiro atoms. The Bertz CT molecular complexity index is 715. The Labute approximate surface area is 111 Å². The van der Waals surface area contributed by atoms with Crippen molar-refractivity contribution in [1.29, 1.82) is 0 Å². The Morgan fingerprint density at radius 3 is 2.89 bits per heavy atom. The Kier molecular flexibility index (Phi) is 2.93. The van der Waals surface area contributed by atoms with Crippen LogP contribution in [0.2, 0.25) is 0 Å². The number of nitrogens with two attached hydrogens (primary N) is 1. The summed E-state index contributed by atoms with van der Waals surface area (Å²) in [4.78, 5) is 4.74. The fraction of sp³-hybridized carbons (Fsp3) is 0.133. The average molecular weight is 252 g/mol. The van der Waals surface area contributed by atoms with Gasteiger partial charge in [-0.15, -0.1) is 0 Å². The summed E-state index contributed by atoms with van der Waals surface area (Å²) in [5.41, 5.74) is 9.80. The minimum absolute atomic E-state index is 0.746. The SMILES string of the molecule is CNCc1nc(-c2cccc(N)c2)n2ccccc12. The lowest BCUT2D eigenvalue weighted by molar-refractivity contribution is 0.803. The normalized spacial score (nSPS) is 11.0. The molecule has 3 N–H and O–H groups in total. The third-order valence-electron chi connectivity index (χ3n) is 3.11. The van der Waals surface area contributed by atoms with Crippen LogP contribution in [0, 0.1) is 0 Å². The summed E-state index contributed by atoms with van der Waals surface area (Å²) in [6.07, 6.45) is 2.03. The van der Waals surface area contributed by atoms with E-state index in [4.69, 9.17) is 10.7 Å². The second kappa shape index (κ2) is 4.74. The third kappa shape index (κ3) is 2.06. The molecule has 4 heteroatoms. The van der Waals surface area contributed by atoms with Gasteiger partial charge in [0.2, 0.25) is 0 Å². The van der Waals surface area contributed by atoms with Crippen molar-refractivity contribution in [3.63, 3.8) is 0 Å². The molecule has 3 aromatic rings. The number of rotatable bonds is 3. The number of pyridine rings is 1. The number of fused-ring (bicyclic) bond motifs is 1. The van der Waals surface area contributed by atoms with E-state index >= 15 is 0 Å². The standard InChI is InChI=1S/C15H16N4/c1-17-10-13-14-7-2-3-8-19(14)15(18-13)11-5-4-6-12(16)9-11/h2-9,17H,10,16H2,1H3. The van der Waals surface area contributed by atoms with Crippen LogP contribution < -0.4 is 11.1 Å². The van der Waals surface area contributed by atoms with Crippen molar-refractivity contribution in [2.24, 2.45) is 0 Å². The van der Waals surface area contributed by atoms with Gasteiger partial charge in [0.15, 0.2) is 0 Å². The first-order valence-electron chi connectivity index (χ1n) is 6.26. The molecule has 1 aromatic carbocycles. The van der Waals surface area contributed by atoms with Crippen molar-refractivity contribution in [3.8, 4) is 11.4 Å². The number of hydrogen-bond acceptors (Lipinski definition) is 3. The molecule has 19 heavy (non-hydrogen) atoms. The number of benzene rings is 1. The van der Waals surface area contributed by atoms with Gasteiger partial charge < -0.3 is 11.1 Å².